The first-order valence-corrected chi connectivity index (χ1v) is 6.62. The highest BCUT2D eigenvalue weighted by Crippen LogP contribution is 2.31. The number of nitrogens with one attached hydrogen (secondary N) is 1. The average molecular weight is 303 g/mol. The van der Waals surface area contributed by atoms with Gasteiger partial charge in [-0.2, -0.15) is 13.2 Å². The number of aryl methyl sites for hydroxylation is 1. The number of halogens is 3. The number of benzene rings is 1. The molecule has 2 N–H and O–H groups in total. The summed E-state index contributed by atoms with van der Waals surface area (Å²) in [5.74, 6) is -0.421. The van der Waals surface area contributed by atoms with Gasteiger partial charge >= 0.3 is 6.18 Å². The average Bonchev–Trinajstić information content (AvgIpc) is 2.42. The van der Waals surface area contributed by atoms with Gasteiger partial charge in [0.2, 0.25) is 0 Å². The van der Waals surface area contributed by atoms with E-state index in [-0.39, 0.29) is 0 Å². The van der Waals surface area contributed by atoms with Crippen LogP contribution < -0.4 is 10.1 Å². The highest BCUT2D eigenvalue weighted by Gasteiger charge is 2.27. The van der Waals surface area contributed by atoms with E-state index >= 15 is 0 Å². The van der Waals surface area contributed by atoms with Gasteiger partial charge in [-0.1, -0.05) is 6.07 Å². The van der Waals surface area contributed by atoms with Crippen LogP contribution in [0.25, 0.3) is 0 Å². The summed E-state index contributed by atoms with van der Waals surface area (Å²) in [7, 11) is 0. The monoisotopic (exact) mass is 303 g/mol. The van der Waals surface area contributed by atoms with Crippen molar-refractivity contribution in [1.29, 1.82) is 0 Å². The smallest absolute Gasteiger partial charge is 0.405 e. The van der Waals surface area contributed by atoms with Crippen molar-refractivity contribution in [1.82, 2.24) is 5.32 Å². The third kappa shape index (κ3) is 4.63. The molecule has 0 bridgehead atoms. The highest BCUT2D eigenvalue weighted by atomic mass is 19.4. The van der Waals surface area contributed by atoms with Crippen molar-refractivity contribution in [2.75, 3.05) is 13.2 Å². The zero-order chi connectivity index (χ0) is 15.5. The molecule has 0 saturated heterocycles. The number of carbonyl (C=O) groups is 1. The van der Waals surface area contributed by atoms with Crippen LogP contribution in [0.4, 0.5) is 13.2 Å². The van der Waals surface area contributed by atoms with Crippen LogP contribution in [0.2, 0.25) is 0 Å². The number of amides is 1. The number of hydrogen-bond donors (Lipinski definition) is 2. The molecular weight excluding hydrogens is 287 g/mol. The number of aliphatic hydroxyl groups excluding tert-OH is 1. The van der Waals surface area contributed by atoms with Crippen LogP contribution in [0.15, 0.2) is 18.2 Å². The lowest BCUT2D eigenvalue weighted by Gasteiger charge is -2.21. The lowest BCUT2D eigenvalue weighted by molar-refractivity contribution is -0.139. The molecule has 0 fully saturated rings. The molecule has 1 aliphatic rings. The first-order valence-electron chi connectivity index (χ1n) is 6.62. The summed E-state index contributed by atoms with van der Waals surface area (Å²) in [6.45, 7) is -1.84. The first-order chi connectivity index (χ1) is 9.85. The maximum atomic E-state index is 11.9. The van der Waals surface area contributed by atoms with Gasteiger partial charge in [-0.15, -0.1) is 0 Å². The lowest BCUT2D eigenvalue weighted by Crippen LogP contribution is -2.36. The van der Waals surface area contributed by atoms with Gasteiger partial charge in [-0.3, -0.25) is 4.79 Å². The van der Waals surface area contributed by atoms with Crippen molar-refractivity contribution in [3.63, 3.8) is 0 Å². The number of carbonyl (C=O) groups excluding carboxylic acids is 1. The fourth-order valence-electron chi connectivity index (χ4n) is 2.25. The van der Waals surface area contributed by atoms with E-state index in [9.17, 15) is 23.1 Å². The minimum Gasteiger partial charge on any atom is -0.484 e. The summed E-state index contributed by atoms with van der Waals surface area (Å²) >= 11 is 0. The van der Waals surface area contributed by atoms with Crippen LogP contribution >= 0.6 is 0 Å². The standard InChI is InChI=1S/C14H16F3NO3/c15-14(16,17)8-18-13(20)7-21-10-4-5-11-9(6-10)2-1-3-12(11)19/h4-6,12,19H,1-3,7-8H2,(H,18,20). The summed E-state index contributed by atoms with van der Waals surface area (Å²) in [5, 5.41) is 11.5. The number of alkyl halides is 3. The molecule has 7 heteroatoms. The summed E-state index contributed by atoms with van der Waals surface area (Å²) < 4.78 is 40.9. The van der Waals surface area contributed by atoms with E-state index < -0.39 is 31.3 Å². The predicted molar refractivity (Wildman–Crippen MR) is 68.9 cm³/mol. The van der Waals surface area contributed by atoms with Gasteiger partial charge in [-0.05, 0) is 42.5 Å². The van der Waals surface area contributed by atoms with Gasteiger partial charge in [-0.25, -0.2) is 0 Å². The second kappa shape index (κ2) is 6.34. The number of rotatable bonds is 4. The van der Waals surface area contributed by atoms with E-state index in [1.807, 2.05) is 0 Å². The number of ether oxygens (including phenoxy) is 1. The fourth-order valence-corrected chi connectivity index (χ4v) is 2.25. The second-order valence-electron chi connectivity index (χ2n) is 4.95. The Kier molecular flexibility index (Phi) is 4.72. The van der Waals surface area contributed by atoms with Crippen molar-refractivity contribution in [2.24, 2.45) is 0 Å². The molecule has 21 heavy (non-hydrogen) atoms. The van der Waals surface area contributed by atoms with Crippen molar-refractivity contribution in [3.05, 3.63) is 29.3 Å². The van der Waals surface area contributed by atoms with Gasteiger partial charge in [0.1, 0.15) is 12.3 Å². The summed E-state index contributed by atoms with van der Waals surface area (Å²) in [6, 6.07) is 5.04. The van der Waals surface area contributed by atoms with Gasteiger partial charge in [0.25, 0.3) is 5.91 Å². The molecule has 0 spiro atoms. The molecule has 0 aromatic heterocycles. The Morgan fingerprint density at radius 2 is 2.19 bits per heavy atom. The van der Waals surface area contributed by atoms with E-state index in [2.05, 4.69) is 0 Å². The Morgan fingerprint density at radius 3 is 2.90 bits per heavy atom. The van der Waals surface area contributed by atoms with Crippen LogP contribution in [-0.2, 0) is 11.2 Å². The SMILES string of the molecule is O=C(COc1ccc2c(c1)CCCC2O)NCC(F)(F)F. The molecule has 116 valence electrons. The molecule has 1 aromatic carbocycles. The Labute approximate surface area is 119 Å². The van der Waals surface area contributed by atoms with E-state index in [4.69, 9.17) is 4.74 Å². The van der Waals surface area contributed by atoms with Crippen molar-refractivity contribution >= 4 is 5.91 Å². The molecule has 0 saturated carbocycles. The zero-order valence-corrected chi connectivity index (χ0v) is 11.2. The Morgan fingerprint density at radius 1 is 1.43 bits per heavy atom. The Balaban J connectivity index is 1.88. The van der Waals surface area contributed by atoms with Crippen LogP contribution in [0.5, 0.6) is 5.75 Å². The summed E-state index contributed by atoms with van der Waals surface area (Å²) in [5.41, 5.74) is 1.79. The van der Waals surface area contributed by atoms with Crippen LogP contribution in [0, 0.1) is 0 Å². The minimum absolute atomic E-state index is 0.407. The molecule has 0 aliphatic heterocycles. The quantitative estimate of drug-likeness (QED) is 0.895. The first kappa shape index (κ1) is 15.6. The Hall–Kier alpha value is -1.76. The molecule has 2 rings (SSSR count). The van der Waals surface area contributed by atoms with Gasteiger partial charge in [0.05, 0.1) is 6.10 Å². The maximum absolute atomic E-state index is 11.9. The summed E-state index contributed by atoms with van der Waals surface area (Å²) in [4.78, 5) is 11.2. The topological polar surface area (TPSA) is 58.6 Å². The van der Waals surface area contributed by atoms with Crippen LogP contribution in [0.1, 0.15) is 30.1 Å². The molecule has 0 radical (unpaired) electrons. The maximum Gasteiger partial charge on any atom is 0.405 e. The van der Waals surface area contributed by atoms with E-state index in [0.29, 0.717) is 12.2 Å². The van der Waals surface area contributed by atoms with Gasteiger partial charge in [0, 0.05) is 0 Å². The molecule has 1 aliphatic carbocycles. The van der Waals surface area contributed by atoms with Crippen LogP contribution in [-0.4, -0.2) is 30.3 Å². The molecule has 1 aromatic rings. The van der Waals surface area contributed by atoms with Crippen LogP contribution in [0.3, 0.4) is 0 Å². The molecule has 1 atom stereocenters. The van der Waals surface area contributed by atoms with E-state index in [1.54, 1.807) is 23.5 Å². The molecule has 0 heterocycles. The van der Waals surface area contributed by atoms with Gasteiger partial charge in [0.15, 0.2) is 6.61 Å². The predicted octanol–water partition coefficient (Wildman–Crippen LogP) is 2.11. The van der Waals surface area contributed by atoms with E-state index in [1.165, 1.54) is 0 Å². The van der Waals surface area contributed by atoms with E-state index in [0.717, 1.165) is 24.0 Å². The minimum atomic E-state index is -4.43. The van der Waals surface area contributed by atoms with Gasteiger partial charge < -0.3 is 15.2 Å². The van der Waals surface area contributed by atoms with Crippen molar-refractivity contribution in [2.45, 2.75) is 31.5 Å². The summed E-state index contributed by atoms with van der Waals surface area (Å²) in [6.07, 6.45) is -2.53. The van der Waals surface area contributed by atoms with Crippen molar-refractivity contribution in [3.8, 4) is 5.75 Å². The number of fused-ring (bicyclic) bond motifs is 1. The normalized spacial score (nSPS) is 18.0. The number of hydrogen-bond acceptors (Lipinski definition) is 3. The molecular formula is C14H16F3NO3. The molecule has 1 unspecified atom stereocenters. The number of aliphatic hydroxyl groups is 1. The van der Waals surface area contributed by atoms with Crippen molar-refractivity contribution < 1.29 is 27.8 Å². The lowest BCUT2D eigenvalue weighted by atomic mass is 9.89. The third-order valence-corrected chi connectivity index (χ3v) is 3.25. The zero-order valence-electron chi connectivity index (χ0n) is 11.2. The third-order valence-electron chi connectivity index (χ3n) is 3.25. The molecule has 4 nitrogen and oxygen atoms in total. The largest absolute Gasteiger partial charge is 0.484 e. The Bertz CT molecular complexity index is 517. The highest BCUT2D eigenvalue weighted by molar-refractivity contribution is 5.77. The fraction of sp³-hybridized carbons (Fsp3) is 0.500. The second-order valence-corrected chi connectivity index (χ2v) is 4.95. The molecule has 1 amide bonds.